The molecular weight excluding hydrogens is 592 g/mol. The first kappa shape index (κ1) is 33.1. The first-order valence-corrected chi connectivity index (χ1v) is 15.9. The van der Waals surface area contributed by atoms with Crippen molar-refractivity contribution in [2.75, 3.05) is 43.4 Å². The minimum Gasteiger partial charge on any atom is -0.409 e. The maximum atomic E-state index is 14.0. The maximum absolute atomic E-state index is 14.0. The summed E-state index contributed by atoms with van der Waals surface area (Å²) in [5.41, 5.74) is 4.96. The van der Waals surface area contributed by atoms with E-state index in [1.165, 1.54) is 4.90 Å². The molecule has 0 saturated carbocycles. The molecule has 0 saturated heterocycles. The number of fused-ring (bicyclic) bond motifs is 1. The fourth-order valence-corrected chi connectivity index (χ4v) is 5.31. The van der Waals surface area contributed by atoms with Crippen LogP contribution >= 0.6 is 0 Å². The molecule has 0 aliphatic heterocycles. The van der Waals surface area contributed by atoms with Gasteiger partial charge in [0, 0.05) is 56.0 Å². The van der Waals surface area contributed by atoms with Crippen LogP contribution in [0.3, 0.4) is 0 Å². The highest BCUT2D eigenvalue weighted by atomic mass is 16.6. The lowest BCUT2D eigenvalue weighted by molar-refractivity contribution is 0.0779. The molecule has 0 bridgehead atoms. The van der Waals surface area contributed by atoms with Gasteiger partial charge in [-0.1, -0.05) is 39.0 Å². The number of carbonyl (C=O) groups excluding carboxylic acids is 2. The molecule has 2 aromatic carbocycles. The molecule has 0 radical (unpaired) electrons. The Kier molecular flexibility index (Phi) is 10.5. The monoisotopic (exact) mass is 634 g/mol. The van der Waals surface area contributed by atoms with Gasteiger partial charge in [-0.15, -0.1) is 0 Å². The Morgan fingerprint density at radius 2 is 1.62 bits per heavy atom. The Morgan fingerprint density at radius 3 is 2.30 bits per heavy atom. The van der Waals surface area contributed by atoms with Gasteiger partial charge in [0.15, 0.2) is 5.65 Å². The summed E-state index contributed by atoms with van der Waals surface area (Å²) >= 11 is 0. The number of nitrogens with one attached hydrogen (secondary N) is 1. The van der Waals surface area contributed by atoms with E-state index in [1.807, 2.05) is 87.1 Å². The van der Waals surface area contributed by atoms with E-state index in [2.05, 4.69) is 29.0 Å². The first-order chi connectivity index (χ1) is 22.7. The fourth-order valence-electron chi connectivity index (χ4n) is 5.31. The Bertz CT molecular complexity index is 1830. The van der Waals surface area contributed by atoms with Crippen molar-refractivity contribution in [3.05, 3.63) is 102 Å². The molecule has 3 heterocycles. The smallest absolute Gasteiger partial charge is 0.409 e. The lowest BCUT2D eigenvalue weighted by Crippen LogP contribution is -2.36. The lowest BCUT2D eigenvalue weighted by atomic mass is 10.1. The van der Waals surface area contributed by atoms with Crippen LogP contribution in [0.25, 0.3) is 5.65 Å². The zero-order valence-corrected chi connectivity index (χ0v) is 27.9. The van der Waals surface area contributed by atoms with Crippen LogP contribution < -0.4 is 15.0 Å². The van der Waals surface area contributed by atoms with Crippen molar-refractivity contribution < 1.29 is 14.3 Å². The molecule has 0 atom stereocenters. The van der Waals surface area contributed by atoms with Crippen molar-refractivity contribution in [2.45, 2.75) is 41.0 Å². The Hall–Kier alpha value is -5.29. The Labute approximate surface area is 275 Å². The minimum absolute atomic E-state index is 0.0422. The molecule has 11 nitrogen and oxygen atoms in total. The quantitative estimate of drug-likeness (QED) is 0.160. The second-order valence-electron chi connectivity index (χ2n) is 11.3. The van der Waals surface area contributed by atoms with Gasteiger partial charge in [0.2, 0.25) is 5.95 Å². The highest BCUT2D eigenvalue weighted by Gasteiger charge is 2.26. The summed E-state index contributed by atoms with van der Waals surface area (Å²) < 4.78 is 7.90. The van der Waals surface area contributed by atoms with Crippen LogP contribution in [0, 0.1) is 13.8 Å². The molecule has 5 rings (SSSR count). The predicted octanol–water partition coefficient (Wildman–Crippen LogP) is 6.80. The van der Waals surface area contributed by atoms with Crippen molar-refractivity contribution in [1.29, 1.82) is 0 Å². The van der Waals surface area contributed by atoms with Crippen LogP contribution in [0.2, 0.25) is 0 Å². The van der Waals surface area contributed by atoms with E-state index in [9.17, 15) is 9.59 Å². The molecule has 11 heteroatoms. The number of benzene rings is 2. The molecule has 0 aliphatic carbocycles. The van der Waals surface area contributed by atoms with Gasteiger partial charge < -0.3 is 24.3 Å². The fraction of sp³-hybridized carbons (Fsp3) is 0.306. The second-order valence-corrected chi connectivity index (χ2v) is 11.3. The SMILES string of the molecule is CCc1cn2cccc(N(C(=O)Oc3c(C)cccc3C)c3ccnc(Nc4ccc(C(=O)N(C)CCN(CC)CC)cc4)n3)c2n1. The first-order valence-electron chi connectivity index (χ1n) is 15.9. The van der Waals surface area contributed by atoms with Gasteiger partial charge in [-0.3, -0.25) is 4.79 Å². The zero-order valence-electron chi connectivity index (χ0n) is 27.9. The summed E-state index contributed by atoms with van der Waals surface area (Å²) in [5.74, 6) is 1.02. The summed E-state index contributed by atoms with van der Waals surface area (Å²) in [6, 6.07) is 18.2. The number of aromatic nitrogens is 4. The summed E-state index contributed by atoms with van der Waals surface area (Å²) in [6.45, 7) is 13.4. The van der Waals surface area contributed by atoms with Crippen LogP contribution in [0.15, 0.2) is 79.3 Å². The van der Waals surface area contributed by atoms with Crippen molar-refractivity contribution in [3.63, 3.8) is 0 Å². The number of imidazole rings is 1. The normalized spacial score (nSPS) is 11.1. The number of hydrogen-bond acceptors (Lipinski definition) is 8. The molecule has 0 fully saturated rings. The van der Waals surface area contributed by atoms with Gasteiger partial charge in [-0.05, 0) is 80.9 Å². The van der Waals surface area contributed by atoms with E-state index in [0.29, 0.717) is 40.7 Å². The van der Waals surface area contributed by atoms with Gasteiger partial charge >= 0.3 is 6.09 Å². The third-order valence-corrected chi connectivity index (χ3v) is 8.15. The molecule has 3 aromatic heterocycles. The van der Waals surface area contributed by atoms with Gasteiger partial charge in [0.25, 0.3) is 5.91 Å². The number of ether oxygens (including phenoxy) is 1. The van der Waals surface area contributed by atoms with Crippen molar-refractivity contribution in [2.24, 2.45) is 0 Å². The Balaban J connectivity index is 1.42. The van der Waals surface area contributed by atoms with E-state index in [4.69, 9.17) is 14.7 Å². The predicted molar refractivity (Wildman–Crippen MR) is 185 cm³/mol. The molecule has 47 heavy (non-hydrogen) atoms. The summed E-state index contributed by atoms with van der Waals surface area (Å²) in [4.78, 5) is 46.4. The summed E-state index contributed by atoms with van der Waals surface area (Å²) in [7, 11) is 1.82. The largest absolute Gasteiger partial charge is 0.425 e. The van der Waals surface area contributed by atoms with Gasteiger partial charge in [0.05, 0.1) is 11.4 Å². The van der Waals surface area contributed by atoms with Gasteiger partial charge in [0.1, 0.15) is 11.6 Å². The number of aryl methyl sites for hydroxylation is 3. The number of para-hydroxylation sites is 1. The van der Waals surface area contributed by atoms with E-state index in [0.717, 1.165) is 42.9 Å². The highest BCUT2D eigenvalue weighted by Crippen LogP contribution is 2.32. The van der Waals surface area contributed by atoms with Crippen LogP contribution in [-0.4, -0.2) is 74.4 Å². The average molecular weight is 635 g/mol. The second kappa shape index (κ2) is 14.9. The van der Waals surface area contributed by atoms with E-state index in [1.54, 1.807) is 29.3 Å². The van der Waals surface area contributed by atoms with Crippen molar-refractivity contribution in [1.82, 2.24) is 29.2 Å². The molecule has 0 spiro atoms. The number of anilines is 4. The number of rotatable bonds is 12. The molecule has 244 valence electrons. The van der Waals surface area contributed by atoms with Gasteiger partial charge in [-0.25, -0.2) is 19.7 Å². The van der Waals surface area contributed by atoms with Crippen molar-refractivity contribution in [3.8, 4) is 5.75 Å². The topological polar surface area (TPSA) is 108 Å². The third kappa shape index (κ3) is 7.58. The van der Waals surface area contributed by atoms with E-state index in [-0.39, 0.29) is 11.9 Å². The minimum atomic E-state index is -0.630. The number of hydrogen-bond donors (Lipinski definition) is 1. The number of amides is 2. The third-order valence-electron chi connectivity index (χ3n) is 8.15. The molecule has 5 aromatic rings. The number of nitrogens with zero attached hydrogens (tertiary/aromatic N) is 7. The zero-order chi connectivity index (χ0) is 33.5. The highest BCUT2D eigenvalue weighted by molar-refractivity contribution is 6.00. The molecule has 1 N–H and O–H groups in total. The summed E-state index contributed by atoms with van der Waals surface area (Å²) in [5, 5.41) is 3.21. The average Bonchev–Trinajstić information content (AvgIpc) is 3.52. The number of likely N-dealkylation sites (N-methyl/N-ethyl adjacent to an activating group) is 2. The molecule has 2 amide bonds. The standard InChI is InChI=1S/C36H42N8O3/c1-7-28-24-43-21-11-14-30(33(43)38-28)44(36(46)47-32-25(4)12-10-13-26(32)5)31-19-20-37-35(40-31)39-29-17-15-27(16-18-29)34(45)41(6)22-23-42(8-2)9-3/h10-21,24H,7-9,22-23H2,1-6H3,(H,37,39,40). The number of pyridine rings is 1. The van der Waals surface area contributed by atoms with Crippen LogP contribution in [0.1, 0.15) is 48.0 Å². The van der Waals surface area contributed by atoms with E-state index < -0.39 is 6.09 Å². The lowest BCUT2D eigenvalue weighted by Gasteiger charge is -2.23. The molecule has 0 aliphatic rings. The number of carbonyl (C=O) groups is 2. The maximum Gasteiger partial charge on any atom is 0.425 e. The molecule has 0 unspecified atom stereocenters. The Morgan fingerprint density at radius 1 is 0.894 bits per heavy atom. The molecular formula is C36H42N8O3. The van der Waals surface area contributed by atoms with Crippen LogP contribution in [0.5, 0.6) is 5.75 Å². The van der Waals surface area contributed by atoms with Crippen molar-refractivity contribution >= 4 is 40.8 Å². The summed E-state index contributed by atoms with van der Waals surface area (Å²) in [6.07, 6.45) is 5.53. The van der Waals surface area contributed by atoms with E-state index >= 15 is 0 Å². The van der Waals surface area contributed by atoms with Gasteiger partial charge in [-0.2, -0.15) is 4.98 Å². The van der Waals surface area contributed by atoms with Crippen LogP contribution in [0.4, 0.5) is 27.9 Å². The van der Waals surface area contributed by atoms with Crippen LogP contribution in [-0.2, 0) is 6.42 Å².